The lowest BCUT2D eigenvalue weighted by Gasteiger charge is -2.25. The van der Waals surface area contributed by atoms with Gasteiger partial charge in [-0.1, -0.05) is 18.2 Å². The molecule has 3 heterocycles. The minimum absolute atomic E-state index is 0.163. The van der Waals surface area contributed by atoms with Crippen molar-refractivity contribution >= 4 is 19.9 Å². The zero-order valence-electron chi connectivity index (χ0n) is 21.1. The van der Waals surface area contributed by atoms with E-state index in [-0.39, 0.29) is 5.75 Å². The molecule has 39 heavy (non-hydrogen) atoms. The Morgan fingerprint density at radius 3 is 2.59 bits per heavy atom. The van der Waals surface area contributed by atoms with E-state index in [1.807, 2.05) is 0 Å². The fourth-order valence-corrected chi connectivity index (χ4v) is 5.49. The van der Waals surface area contributed by atoms with Crippen molar-refractivity contribution in [3.63, 3.8) is 0 Å². The van der Waals surface area contributed by atoms with Gasteiger partial charge in [-0.3, -0.25) is 23.7 Å². The number of H-pyrrole nitrogens is 1. The zero-order chi connectivity index (χ0) is 28.4. The molecular weight excluding hydrogens is 537 g/mol. The Morgan fingerprint density at radius 2 is 1.95 bits per heavy atom. The van der Waals surface area contributed by atoms with E-state index >= 15 is 0 Å². The number of terminal acetylenes is 1. The normalized spacial score (nSPS) is 26.0. The molecule has 6 atom stereocenters. The highest BCUT2D eigenvalue weighted by molar-refractivity contribution is 7.52. The Bertz CT molecular complexity index is 1430. The Hall–Kier alpha value is -3.89. The number of hydrogen-bond acceptors (Lipinski definition) is 11. The lowest BCUT2D eigenvalue weighted by Crippen LogP contribution is -2.46. The molecule has 2 aliphatic heterocycles. The summed E-state index contributed by atoms with van der Waals surface area (Å²) in [7, 11) is -4.32. The zero-order valence-corrected chi connectivity index (χ0v) is 22.0. The highest BCUT2D eigenvalue weighted by Crippen LogP contribution is 2.49. The van der Waals surface area contributed by atoms with Gasteiger partial charge in [-0.25, -0.2) is 14.2 Å². The maximum atomic E-state index is 13.8. The van der Waals surface area contributed by atoms with E-state index in [1.54, 1.807) is 32.0 Å². The topological polar surface area (TPSA) is 173 Å². The molecule has 1 aromatic heterocycles. The van der Waals surface area contributed by atoms with Crippen LogP contribution >= 0.6 is 7.75 Å². The van der Waals surface area contributed by atoms with Crippen LogP contribution in [0, 0.1) is 12.3 Å². The first-order valence-electron chi connectivity index (χ1n) is 11.8. The van der Waals surface area contributed by atoms with E-state index in [0.29, 0.717) is 0 Å². The molecule has 14 nitrogen and oxygen atoms in total. The fraction of sp³-hybridized carbons (Fsp3) is 0.417. The SMILES string of the molecule is C#C[C@@]12OC(=O)O[C@@H]1[C@@H](COP(=O)(N[C@@H](C)C(=O)OC(C)C)Oc1ccccc1)OC2n1ccc(=O)[nH]c1=O. The maximum Gasteiger partial charge on any atom is 0.510 e. The van der Waals surface area contributed by atoms with Crippen molar-refractivity contribution in [2.75, 3.05) is 6.61 Å². The van der Waals surface area contributed by atoms with E-state index in [1.165, 1.54) is 19.1 Å². The standard InChI is InChI=1S/C24H26N3O11P/c1-5-24-19(36-23(31)37-24)17(35-21(24)27-12-11-18(28)25-22(27)30)13-33-39(32,38-16-9-7-6-8-10-16)26-15(4)20(29)34-14(2)3/h1,6-12,14-15,17,19,21H,13H2,2-4H3,(H,26,32)(H,25,28,30)/t15-,17+,19+,21?,24+,39?/m0/s1. The molecule has 2 fully saturated rings. The number of rotatable bonds is 10. The van der Waals surface area contributed by atoms with Gasteiger partial charge < -0.3 is 23.5 Å². The van der Waals surface area contributed by atoms with Crippen LogP contribution in [0.5, 0.6) is 5.75 Å². The van der Waals surface area contributed by atoms with Gasteiger partial charge in [0.05, 0.1) is 12.7 Å². The van der Waals surface area contributed by atoms with Crippen molar-refractivity contribution in [2.24, 2.45) is 0 Å². The van der Waals surface area contributed by atoms with Crippen LogP contribution in [-0.2, 0) is 32.8 Å². The second kappa shape index (κ2) is 11.1. The number of nitrogens with zero attached hydrogens (tertiary/aromatic N) is 1. The summed E-state index contributed by atoms with van der Waals surface area (Å²) in [6.45, 7) is 4.18. The molecule has 0 spiro atoms. The number of nitrogens with one attached hydrogen (secondary N) is 2. The van der Waals surface area contributed by atoms with Crippen LogP contribution in [0.25, 0.3) is 0 Å². The molecule has 2 N–H and O–H groups in total. The molecule has 2 saturated heterocycles. The quantitative estimate of drug-likeness (QED) is 0.242. The number of aromatic nitrogens is 2. The van der Waals surface area contributed by atoms with E-state index < -0.39 is 73.9 Å². The van der Waals surface area contributed by atoms with Gasteiger partial charge in [0.2, 0.25) is 0 Å². The summed E-state index contributed by atoms with van der Waals surface area (Å²) in [6.07, 6.45) is 1.32. The van der Waals surface area contributed by atoms with Crippen LogP contribution in [0.1, 0.15) is 27.0 Å². The predicted molar refractivity (Wildman–Crippen MR) is 133 cm³/mol. The van der Waals surface area contributed by atoms with Gasteiger partial charge in [-0.2, -0.15) is 5.09 Å². The molecule has 15 heteroatoms. The third kappa shape index (κ3) is 5.91. The second-order valence-corrected chi connectivity index (χ2v) is 10.6. The molecule has 0 bridgehead atoms. The fourth-order valence-electron chi connectivity index (χ4n) is 3.99. The van der Waals surface area contributed by atoms with Gasteiger partial charge in [0.15, 0.2) is 12.3 Å². The van der Waals surface area contributed by atoms with E-state index in [4.69, 9.17) is 34.4 Å². The molecule has 2 unspecified atom stereocenters. The van der Waals surface area contributed by atoms with Gasteiger partial charge in [-0.05, 0) is 38.8 Å². The Balaban J connectivity index is 1.60. The van der Waals surface area contributed by atoms with Crippen molar-refractivity contribution in [2.45, 2.75) is 57.0 Å². The Morgan fingerprint density at radius 1 is 1.23 bits per heavy atom. The number of benzene rings is 1. The molecule has 0 radical (unpaired) electrons. The van der Waals surface area contributed by atoms with Gasteiger partial charge in [0.25, 0.3) is 11.2 Å². The molecule has 1 aromatic carbocycles. The lowest BCUT2D eigenvalue weighted by molar-refractivity contribution is -0.149. The first-order chi connectivity index (χ1) is 18.5. The summed E-state index contributed by atoms with van der Waals surface area (Å²) in [5.74, 6) is 1.77. The van der Waals surface area contributed by atoms with Crippen molar-refractivity contribution in [3.8, 4) is 18.1 Å². The molecule has 2 aromatic rings. The van der Waals surface area contributed by atoms with Gasteiger partial charge in [0.1, 0.15) is 17.9 Å². The van der Waals surface area contributed by atoms with Crippen LogP contribution in [0.4, 0.5) is 4.79 Å². The molecular formula is C24H26N3O11P. The average Bonchev–Trinajstić information content (AvgIpc) is 3.35. The number of aromatic amines is 1. The molecule has 4 rings (SSSR count). The third-order valence-electron chi connectivity index (χ3n) is 5.67. The summed E-state index contributed by atoms with van der Waals surface area (Å²) < 4.78 is 47.5. The monoisotopic (exact) mass is 563 g/mol. The van der Waals surface area contributed by atoms with Gasteiger partial charge >= 0.3 is 25.6 Å². The average molecular weight is 563 g/mol. The van der Waals surface area contributed by atoms with Gasteiger partial charge in [0, 0.05) is 12.3 Å². The molecule has 0 aliphatic carbocycles. The number of para-hydroxylation sites is 1. The number of carbonyl (C=O) groups is 2. The van der Waals surface area contributed by atoms with Crippen LogP contribution < -0.4 is 20.9 Å². The van der Waals surface area contributed by atoms with Crippen molar-refractivity contribution in [1.29, 1.82) is 0 Å². The summed E-state index contributed by atoms with van der Waals surface area (Å²) in [4.78, 5) is 50.6. The molecule has 2 aliphatic rings. The summed E-state index contributed by atoms with van der Waals surface area (Å²) in [5, 5.41) is 2.53. The Kier molecular flexibility index (Phi) is 7.99. The van der Waals surface area contributed by atoms with E-state index in [9.17, 15) is 23.7 Å². The second-order valence-electron chi connectivity index (χ2n) is 8.91. The number of esters is 1. The largest absolute Gasteiger partial charge is 0.510 e. The van der Waals surface area contributed by atoms with Crippen molar-refractivity contribution in [1.82, 2.24) is 14.6 Å². The van der Waals surface area contributed by atoms with Crippen LogP contribution in [0.3, 0.4) is 0 Å². The lowest BCUT2D eigenvalue weighted by atomic mass is 9.95. The molecule has 208 valence electrons. The van der Waals surface area contributed by atoms with E-state index in [2.05, 4.69) is 16.0 Å². The summed E-state index contributed by atoms with van der Waals surface area (Å²) in [5.41, 5.74) is -3.47. The van der Waals surface area contributed by atoms with Crippen molar-refractivity contribution < 1.29 is 42.1 Å². The number of fused-ring (bicyclic) bond motifs is 1. The van der Waals surface area contributed by atoms with Gasteiger partial charge in [-0.15, -0.1) is 6.42 Å². The Labute approximate surface area is 222 Å². The van der Waals surface area contributed by atoms with Crippen molar-refractivity contribution in [3.05, 3.63) is 63.4 Å². The summed E-state index contributed by atoms with van der Waals surface area (Å²) >= 11 is 0. The number of hydrogen-bond donors (Lipinski definition) is 2. The minimum atomic E-state index is -4.32. The summed E-state index contributed by atoms with van der Waals surface area (Å²) in [6, 6.07) is 7.98. The molecule has 0 amide bonds. The highest BCUT2D eigenvalue weighted by Gasteiger charge is 2.67. The first kappa shape index (κ1) is 28.1. The molecule has 0 saturated carbocycles. The highest BCUT2D eigenvalue weighted by atomic mass is 31.2. The van der Waals surface area contributed by atoms with E-state index in [0.717, 1.165) is 16.8 Å². The first-order valence-corrected chi connectivity index (χ1v) is 13.3. The third-order valence-corrected chi connectivity index (χ3v) is 7.31. The minimum Gasteiger partial charge on any atom is -0.462 e. The van der Waals surface area contributed by atoms with Crippen LogP contribution in [0.15, 0.2) is 52.2 Å². The predicted octanol–water partition coefficient (Wildman–Crippen LogP) is 1.47. The van der Waals surface area contributed by atoms with Crippen LogP contribution in [-0.4, -0.2) is 58.2 Å². The maximum absolute atomic E-state index is 13.8. The smallest absolute Gasteiger partial charge is 0.462 e. The van der Waals surface area contributed by atoms with Crippen LogP contribution in [0.2, 0.25) is 0 Å². The number of ether oxygens (including phenoxy) is 4. The number of carbonyl (C=O) groups excluding carboxylic acids is 2.